The number of benzene rings is 1. The number of aliphatic hydroxyl groups excluding tert-OH is 1. The van der Waals surface area contributed by atoms with Gasteiger partial charge in [-0.15, -0.1) is 0 Å². The summed E-state index contributed by atoms with van der Waals surface area (Å²) in [5.74, 6) is 2.12. The molecule has 0 amide bonds. The van der Waals surface area contributed by atoms with Gasteiger partial charge in [-0.05, 0) is 55.8 Å². The third-order valence-corrected chi connectivity index (χ3v) is 7.93. The van der Waals surface area contributed by atoms with Gasteiger partial charge < -0.3 is 25.2 Å². The molecule has 2 atom stereocenters. The number of likely N-dealkylation sites (tertiary alicyclic amines) is 1. The van der Waals surface area contributed by atoms with Gasteiger partial charge in [0.2, 0.25) is 0 Å². The standard InChI is InChI=1S/C26H31Cl2N5O2/c1-16(20-5-4-19(27)11-21(20)28)30-22-12-24(31-26-25(22)23(35)6-7-29-26)33-14-18(15-33)17-3-2-8-32(13-17)9-10-34/h4-7,11-12,16-18,34H,2-3,8-10,13-15H2,1H3,(H2,29,30,31,35)/t16-,17+/m1/s1. The van der Waals surface area contributed by atoms with E-state index in [1.165, 1.54) is 18.9 Å². The molecule has 0 unspecified atom stereocenters. The summed E-state index contributed by atoms with van der Waals surface area (Å²) in [4.78, 5) is 25.4. The number of H-pyrrole nitrogens is 1. The van der Waals surface area contributed by atoms with Gasteiger partial charge in [0.05, 0.1) is 23.7 Å². The highest BCUT2D eigenvalue weighted by atomic mass is 35.5. The van der Waals surface area contributed by atoms with Crippen LogP contribution in [-0.2, 0) is 0 Å². The van der Waals surface area contributed by atoms with Crippen molar-refractivity contribution in [1.29, 1.82) is 0 Å². The van der Waals surface area contributed by atoms with Crippen molar-refractivity contribution in [2.45, 2.75) is 25.8 Å². The fraction of sp³-hybridized carbons (Fsp3) is 0.462. The molecular weight excluding hydrogens is 485 g/mol. The average Bonchev–Trinajstić information content (AvgIpc) is 2.78. The maximum atomic E-state index is 12.8. The Labute approximate surface area is 215 Å². The van der Waals surface area contributed by atoms with Crippen molar-refractivity contribution >= 4 is 45.7 Å². The first kappa shape index (κ1) is 24.4. The fourth-order valence-electron chi connectivity index (χ4n) is 5.42. The number of nitrogens with one attached hydrogen (secondary N) is 2. The van der Waals surface area contributed by atoms with Crippen molar-refractivity contribution in [3.63, 3.8) is 0 Å². The van der Waals surface area contributed by atoms with E-state index in [9.17, 15) is 9.90 Å². The Kier molecular flexibility index (Phi) is 7.21. The van der Waals surface area contributed by atoms with E-state index in [0.717, 1.165) is 49.8 Å². The first-order valence-corrected chi connectivity index (χ1v) is 13.0. The van der Waals surface area contributed by atoms with Gasteiger partial charge in [0.1, 0.15) is 11.5 Å². The Morgan fingerprint density at radius 1 is 1.20 bits per heavy atom. The first-order valence-electron chi connectivity index (χ1n) is 12.2. The quantitative estimate of drug-likeness (QED) is 0.428. The van der Waals surface area contributed by atoms with Gasteiger partial charge in [0.25, 0.3) is 0 Å². The Morgan fingerprint density at radius 2 is 2.03 bits per heavy atom. The summed E-state index contributed by atoms with van der Waals surface area (Å²) in [7, 11) is 0. The fourth-order valence-corrected chi connectivity index (χ4v) is 6.00. The lowest BCUT2D eigenvalue weighted by atomic mass is 9.80. The molecule has 1 aromatic carbocycles. The third kappa shape index (κ3) is 5.14. The molecule has 0 saturated carbocycles. The molecule has 4 heterocycles. The predicted molar refractivity (Wildman–Crippen MR) is 143 cm³/mol. The highest BCUT2D eigenvalue weighted by Crippen LogP contribution is 2.36. The van der Waals surface area contributed by atoms with Crippen molar-refractivity contribution in [3.8, 4) is 0 Å². The minimum absolute atomic E-state index is 0.0811. The first-order chi connectivity index (χ1) is 16.9. The van der Waals surface area contributed by atoms with Crippen molar-refractivity contribution in [2.75, 3.05) is 49.5 Å². The molecule has 3 aromatic rings. The molecule has 2 aliphatic heterocycles. The van der Waals surface area contributed by atoms with Crippen LogP contribution in [-0.4, -0.2) is 59.3 Å². The number of aromatic nitrogens is 2. The van der Waals surface area contributed by atoms with Gasteiger partial charge in [-0.2, -0.15) is 0 Å². The number of halogens is 2. The lowest BCUT2D eigenvalue weighted by Crippen LogP contribution is -2.54. The number of hydrogen-bond acceptors (Lipinski definition) is 6. The molecule has 0 bridgehead atoms. The lowest BCUT2D eigenvalue weighted by Gasteiger charge is -2.47. The third-order valence-electron chi connectivity index (χ3n) is 7.37. The van der Waals surface area contributed by atoms with E-state index in [1.807, 2.05) is 25.1 Å². The molecule has 2 aliphatic rings. The maximum Gasteiger partial charge on any atom is 0.193 e. The number of β-amino-alcohol motifs (C(OH)–C–C–N with tert-alkyl or cyclic N) is 1. The number of aromatic amines is 1. The van der Waals surface area contributed by atoms with Crippen LogP contribution in [0.3, 0.4) is 0 Å². The van der Waals surface area contributed by atoms with Crippen molar-refractivity contribution in [2.24, 2.45) is 11.8 Å². The van der Waals surface area contributed by atoms with Gasteiger partial charge >= 0.3 is 0 Å². The van der Waals surface area contributed by atoms with Crippen LogP contribution in [0, 0.1) is 11.8 Å². The number of hydrogen-bond donors (Lipinski definition) is 3. The Balaban J connectivity index is 1.37. The van der Waals surface area contributed by atoms with E-state index in [0.29, 0.717) is 32.9 Å². The van der Waals surface area contributed by atoms with Crippen LogP contribution in [0.25, 0.3) is 11.0 Å². The summed E-state index contributed by atoms with van der Waals surface area (Å²) in [5, 5.41) is 14.5. The molecule has 3 N–H and O–H groups in total. The second kappa shape index (κ2) is 10.3. The molecule has 2 saturated heterocycles. The summed E-state index contributed by atoms with van der Waals surface area (Å²) in [6.45, 7) is 7.03. The largest absolute Gasteiger partial charge is 0.395 e. The number of pyridine rings is 2. The van der Waals surface area contributed by atoms with E-state index >= 15 is 0 Å². The molecule has 186 valence electrons. The zero-order valence-corrected chi connectivity index (χ0v) is 21.3. The van der Waals surface area contributed by atoms with Gasteiger partial charge in [-0.1, -0.05) is 29.3 Å². The van der Waals surface area contributed by atoms with Crippen LogP contribution in [0.15, 0.2) is 41.3 Å². The van der Waals surface area contributed by atoms with Crippen LogP contribution in [0.1, 0.15) is 31.4 Å². The molecular formula is C26H31Cl2N5O2. The smallest absolute Gasteiger partial charge is 0.193 e. The summed E-state index contributed by atoms with van der Waals surface area (Å²) in [6.07, 6.45) is 4.07. The summed E-state index contributed by atoms with van der Waals surface area (Å²) >= 11 is 12.5. The summed E-state index contributed by atoms with van der Waals surface area (Å²) < 4.78 is 0. The molecule has 7 nitrogen and oxygen atoms in total. The van der Waals surface area contributed by atoms with Gasteiger partial charge in [0, 0.05) is 54.6 Å². The number of fused-ring (bicyclic) bond motifs is 1. The zero-order valence-electron chi connectivity index (χ0n) is 19.8. The van der Waals surface area contributed by atoms with Crippen LogP contribution in [0.4, 0.5) is 11.5 Å². The van der Waals surface area contributed by atoms with Gasteiger partial charge in [-0.25, -0.2) is 4.98 Å². The highest BCUT2D eigenvalue weighted by molar-refractivity contribution is 6.35. The van der Waals surface area contributed by atoms with E-state index in [1.54, 1.807) is 12.3 Å². The molecule has 5 rings (SSSR count). The molecule has 2 fully saturated rings. The van der Waals surface area contributed by atoms with Crippen LogP contribution >= 0.6 is 23.2 Å². The van der Waals surface area contributed by atoms with Crippen molar-refractivity contribution in [1.82, 2.24) is 14.9 Å². The van der Waals surface area contributed by atoms with Gasteiger partial charge in [0.15, 0.2) is 5.43 Å². The number of nitrogens with zero attached hydrogens (tertiary/aromatic N) is 3. The van der Waals surface area contributed by atoms with Crippen LogP contribution in [0.5, 0.6) is 0 Å². The van der Waals surface area contributed by atoms with Crippen molar-refractivity contribution in [3.05, 3.63) is 62.4 Å². The van der Waals surface area contributed by atoms with Gasteiger partial charge in [-0.3, -0.25) is 4.79 Å². The van der Waals surface area contributed by atoms with E-state index < -0.39 is 0 Å². The number of aliphatic hydroxyl groups is 1. The van der Waals surface area contributed by atoms with Crippen LogP contribution < -0.4 is 15.6 Å². The summed E-state index contributed by atoms with van der Waals surface area (Å²) in [6, 6.07) is 8.81. The molecule has 0 radical (unpaired) electrons. The lowest BCUT2D eigenvalue weighted by molar-refractivity contribution is 0.102. The minimum atomic E-state index is -0.137. The molecule has 2 aromatic heterocycles. The minimum Gasteiger partial charge on any atom is -0.395 e. The second-order valence-electron chi connectivity index (χ2n) is 9.72. The topological polar surface area (TPSA) is 84.5 Å². The monoisotopic (exact) mass is 515 g/mol. The molecule has 35 heavy (non-hydrogen) atoms. The molecule has 0 spiro atoms. The van der Waals surface area contributed by atoms with Crippen molar-refractivity contribution < 1.29 is 5.11 Å². The maximum absolute atomic E-state index is 12.8. The Morgan fingerprint density at radius 3 is 2.80 bits per heavy atom. The summed E-state index contributed by atoms with van der Waals surface area (Å²) in [5.41, 5.74) is 2.13. The molecule has 9 heteroatoms. The SMILES string of the molecule is C[C@@H](Nc1cc(N2CC([C@H]3CCCN(CCO)C3)C2)nc2[nH]ccc(=O)c12)c1ccc(Cl)cc1Cl. The average molecular weight is 516 g/mol. The number of piperidine rings is 1. The highest BCUT2D eigenvalue weighted by Gasteiger charge is 2.36. The zero-order chi connectivity index (χ0) is 24.5. The predicted octanol–water partition coefficient (Wildman–Crippen LogP) is 4.54. The Bertz CT molecular complexity index is 1260. The van der Waals surface area contributed by atoms with E-state index in [-0.39, 0.29) is 18.1 Å². The Hall–Kier alpha value is -2.32. The number of anilines is 2. The van der Waals surface area contributed by atoms with E-state index in [2.05, 4.69) is 20.1 Å². The van der Waals surface area contributed by atoms with Crippen LogP contribution in [0.2, 0.25) is 10.0 Å². The number of rotatable bonds is 7. The second-order valence-corrected chi connectivity index (χ2v) is 10.6. The molecule has 0 aliphatic carbocycles. The normalized spacial score (nSPS) is 20.1. The van der Waals surface area contributed by atoms with E-state index in [4.69, 9.17) is 28.2 Å².